The van der Waals surface area contributed by atoms with Crippen LogP contribution in [-0.2, 0) is 21.2 Å². The van der Waals surface area contributed by atoms with E-state index < -0.39 is 21.2 Å². The van der Waals surface area contributed by atoms with Gasteiger partial charge in [-0.15, -0.1) is 0 Å². The lowest BCUT2D eigenvalue weighted by molar-refractivity contribution is -0.147. The molecule has 2 heterocycles. The molecule has 3 N–H and O–H groups in total. The summed E-state index contributed by atoms with van der Waals surface area (Å²) < 4.78 is 31.1. The van der Waals surface area contributed by atoms with Gasteiger partial charge >= 0.3 is 5.97 Å². The summed E-state index contributed by atoms with van der Waals surface area (Å²) in [5.41, 5.74) is 6.97. The standard InChI is InChI=1S/C22H29N3O5S/c1-22(2,21(26)27)10-4-12-31(28,29)18-6-3-5-16(13-18)15-30-17-7-8-19(23-14-17)20-9-11-24-25-20/h3,5-8,13-14,20,24-25H,4,9-12,15H2,1-2H3,(H,26,27). The van der Waals surface area contributed by atoms with Crippen LogP contribution in [0.2, 0.25) is 0 Å². The molecule has 3 rings (SSSR count). The molecule has 31 heavy (non-hydrogen) atoms. The second-order valence-corrected chi connectivity index (χ2v) is 10.5. The van der Waals surface area contributed by atoms with Gasteiger partial charge in [0.05, 0.1) is 34.0 Å². The number of carbonyl (C=O) groups is 1. The third kappa shape index (κ3) is 6.25. The van der Waals surface area contributed by atoms with Crippen molar-refractivity contribution >= 4 is 15.8 Å². The van der Waals surface area contributed by atoms with Gasteiger partial charge in [-0.3, -0.25) is 15.2 Å². The molecule has 1 aromatic carbocycles. The Morgan fingerprint density at radius 3 is 2.74 bits per heavy atom. The molecule has 1 aliphatic heterocycles. The number of benzene rings is 1. The van der Waals surface area contributed by atoms with E-state index in [9.17, 15) is 18.3 Å². The van der Waals surface area contributed by atoms with Crippen LogP contribution in [0.25, 0.3) is 0 Å². The van der Waals surface area contributed by atoms with Crippen molar-refractivity contribution < 1.29 is 23.1 Å². The van der Waals surface area contributed by atoms with Crippen molar-refractivity contribution in [2.45, 2.75) is 50.7 Å². The fourth-order valence-corrected chi connectivity index (χ4v) is 4.69. The molecule has 0 amide bonds. The average molecular weight is 448 g/mol. The zero-order valence-electron chi connectivity index (χ0n) is 17.8. The average Bonchev–Trinajstić information content (AvgIpc) is 3.27. The minimum atomic E-state index is -3.50. The Hall–Kier alpha value is -2.49. The van der Waals surface area contributed by atoms with E-state index in [0.717, 1.165) is 24.2 Å². The molecule has 1 unspecified atom stereocenters. The number of nitrogens with zero attached hydrogens (tertiary/aromatic N) is 1. The van der Waals surface area contributed by atoms with Crippen molar-refractivity contribution in [3.05, 3.63) is 53.9 Å². The van der Waals surface area contributed by atoms with E-state index >= 15 is 0 Å². The minimum absolute atomic E-state index is 0.0938. The van der Waals surface area contributed by atoms with Crippen LogP contribution >= 0.6 is 0 Å². The lowest BCUT2D eigenvalue weighted by atomic mass is 9.88. The molecule has 0 bridgehead atoms. The van der Waals surface area contributed by atoms with Crippen LogP contribution in [0.4, 0.5) is 0 Å². The van der Waals surface area contributed by atoms with E-state index in [2.05, 4.69) is 15.8 Å². The van der Waals surface area contributed by atoms with E-state index in [4.69, 9.17) is 4.74 Å². The Bertz CT molecular complexity index is 1000. The van der Waals surface area contributed by atoms with Gasteiger partial charge < -0.3 is 9.84 Å². The van der Waals surface area contributed by atoms with Gasteiger partial charge in [-0.2, -0.15) is 0 Å². The molecule has 1 atom stereocenters. The lowest BCUT2D eigenvalue weighted by Crippen LogP contribution is -2.25. The molecule has 9 heteroatoms. The van der Waals surface area contributed by atoms with Gasteiger partial charge in [-0.1, -0.05) is 12.1 Å². The lowest BCUT2D eigenvalue weighted by Gasteiger charge is -2.18. The predicted octanol–water partition coefficient (Wildman–Crippen LogP) is 2.86. The van der Waals surface area contributed by atoms with Crippen molar-refractivity contribution in [1.82, 2.24) is 15.8 Å². The molecule has 1 saturated heterocycles. The number of carboxylic acid groups (broad SMARTS) is 1. The highest BCUT2D eigenvalue weighted by atomic mass is 32.2. The van der Waals surface area contributed by atoms with Crippen molar-refractivity contribution in [1.29, 1.82) is 0 Å². The van der Waals surface area contributed by atoms with Crippen LogP contribution in [0.3, 0.4) is 0 Å². The number of hydrazine groups is 1. The van der Waals surface area contributed by atoms with Gasteiger partial charge in [0.25, 0.3) is 0 Å². The summed E-state index contributed by atoms with van der Waals surface area (Å²) >= 11 is 0. The quantitative estimate of drug-likeness (QED) is 0.509. The van der Waals surface area contributed by atoms with Crippen LogP contribution < -0.4 is 15.6 Å². The zero-order valence-corrected chi connectivity index (χ0v) is 18.6. The topological polar surface area (TPSA) is 118 Å². The first-order chi connectivity index (χ1) is 14.7. The SMILES string of the molecule is CC(C)(CCCS(=O)(=O)c1cccc(COc2ccc(C3CCNN3)nc2)c1)C(=O)O. The number of pyridine rings is 1. The molecular weight excluding hydrogens is 418 g/mol. The van der Waals surface area contributed by atoms with Crippen LogP contribution in [0.5, 0.6) is 5.75 Å². The predicted molar refractivity (Wildman–Crippen MR) is 116 cm³/mol. The molecule has 8 nitrogen and oxygen atoms in total. The highest BCUT2D eigenvalue weighted by Gasteiger charge is 2.27. The monoisotopic (exact) mass is 447 g/mol. The number of rotatable bonds is 10. The Balaban J connectivity index is 1.57. The molecule has 1 fully saturated rings. The Kier molecular flexibility index (Phi) is 7.30. The van der Waals surface area contributed by atoms with Gasteiger partial charge in [0.15, 0.2) is 9.84 Å². The summed E-state index contributed by atoms with van der Waals surface area (Å²) in [5.74, 6) is -0.412. The van der Waals surface area contributed by atoms with Gasteiger partial charge in [0.1, 0.15) is 12.4 Å². The summed E-state index contributed by atoms with van der Waals surface area (Å²) in [6.07, 6.45) is 3.22. The smallest absolute Gasteiger partial charge is 0.309 e. The molecule has 168 valence electrons. The fraction of sp³-hybridized carbons (Fsp3) is 0.455. The van der Waals surface area contributed by atoms with Crippen LogP contribution in [0, 0.1) is 5.41 Å². The molecule has 0 saturated carbocycles. The van der Waals surface area contributed by atoms with Gasteiger partial charge in [-0.05, 0) is 62.9 Å². The van der Waals surface area contributed by atoms with Crippen LogP contribution in [0.15, 0.2) is 47.5 Å². The Morgan fingerprint density at radius 2 is 2.10 bits per heavy atom. The first kappa shape index (κ1) is 23.2. The van der Waals surface area contributed by atoms with Gasteiger partial charge in [-0.25, -0.2) is 13.8 Å². The molecular formula is C22H29N3O5S. The maximum atomic E-state index is 12.7. The summed E-state index contributed by atoms with van der Waals surface area (Å²) in [6.45, 7) is 4.33. The molecule has 1 aromatic heterocycles. The molecule has 1 aliphatic rings. The third-order valence-electron chi connectivity index (χ3n) is 5.41. The Morgan fingerprint density at radius 1 is 1.29 bits per heavy atom. The number of sulfone groups is 1. The highest BCUT2D eigenvalue weighted by Crippen LogP contribution is 2.24. The van der Waals surface area contributed by atoms with Crippen molar-refractivity contribution in [2.24, 2.45) is 5.41 Å². The van der Waals surface area contributed by atoms with Gasteiger partial charge in [0, 0.05) is 6.54 Å². The molecule has 0 radical (unpaired) electrons. The number of nitrogens with one attached hydrogen (secondary N) is 2. The number of hydrogen-bond acceptors (Lipinski definition) is 7. The van der Waals surface area contributed by atoms with Crippen molar-refractivity contribution in [3.63, 3.8) is 0 Å². The number of carboxylic acids is 1. The number of aromatic nitrogens is 1. The largest absolute Gasteiger partial charge is 0.487 e. The van der Waals surface area contributed by atoms with E-state index in [-0.39, 0.29) is 29.7 Å². The van der Waals surface area contributed by atoms with E-state index in [0.29, 0.717) is 12.2 Å². The number of aliphatic carboxylic acids is 1. The minimum Gasteiger partial charge on any atom is -0.487 e. The van der Waals surface area contributed by atoms with Crippen molar-refractivity contribution in [3.8, 4) is 5.75 Å². The Labute approximate surface area is 182 Å². The first-order valence-electron chi connectivity index (χ1n) is 10.3. The highest BCUT2D eigenvalue weighted by molar-refractivity contribution is 7.91. The maximum Gasteiger partial charge on any atom is 0.309 e. The van der Waals surface area contributed by atoms with Crippen LogP contribution in [-0.4, -0.2) is 36.8 Å². The van der Waals surface area contributed by atoms with E-state index in [1.54, 1.807) is 38.2 Å². The molecule has 0 aliphatic carbocycles. The first-order valence-corrected chi connectivity index (χ1v) is 11.9. The number of ether oxygens (including phenoxy) is 1. The van der Waals surface area contributed by atoms with E-state index in [1.165, 1.54) is 0 Å². The van der Waals surface area contributed by atoms with Crippen molar-refractivity contribution in [2.75, 3.05) is 12.3 Å². The van der Waals surface area contributed by atoms with E-state index in [1.807, 2.05) is 18.2 Å². The molecule has 0 spiro atoms. The maximum absolute atomic E-state index is 12.7. The second kappa shape index (κ2) is 9.76. The summed E-state index contributed by atoms with van der Waals surface area (Å²) in [6, 6.07) is 10.6. The summed E-state index contributed by atoms with van der Waals surface area (Å²) in [4.78, 5) is 15.8. The normalized spacial score (nSPS) is 16.9. The summed E-state index contributed by atoms with van der Waals surface area (Å²) in [5, 5.41) is 9.17. The molecule has 2 aromatic rings. The summed E-state index contributed by atoms with van der Waals surface area (Å²) in [7, 11) is -3.50. The fourth-order valence-electron chi connectivity index (χ4n) is 3.31. The third-order valence-corrected chi connectivity index (χ3v) is 7.21. The number of hydrogen-bond donors (Lipinski definition) is 3. The van der Waals surface area contributed by atoms with Gasteiger partial charge in [0.2, 0.25) is 0 Å². The zero-order chi connectivity index (χ0) is 22.5. The second-order valence-electron chi connectivity index (χ2n) is 8.38. The van der Waals surface area contributed by atoms with Crippen LogP contribution in [0.1, 0.15) is 50.4 Å².